The molecule has 1 fully saturated rings. The molecule has 134 valence electrons. The minimum Gasteiger partial charge on any atom is -0.497 e. The van der Waals surface area contributed by atoms with E-state index in [-0.39, 0.29) is 29.4 Å². The van der Waals surface area contributed by atoms with Crippen LogP contribution in [0, 0.1) is 0 Å². The Balaban J connectivity index is 1.81. The molecule has 0 N–H and O–H groups in total. The average molecular weight is 361 g/mol. The van der Waals surface area contributed by atoms with Gasteiger partial charge in [0.1, 0.15) is 5.75 Å². The summed E-state index contributed by atoms with van der Waals surface area (Å²) in [6.07, 6.45) is 0.523. The van der Waals surface area contributed by atoms with E-state index in [2.05, 4.69) is 0 Å². The number of carbonyl (C=O) groups excluding carboxylic acids is 1. The van der Waals surface area contributed by atoms with Crippen LogP contribution < -0.4 is 4.74 Å². The van der Waals surface area contributed by atoms with Crippen LogP contribution in [0.3, 0.4) is 0 Å². The molecule has 25 heavy (non-hydrogen) atoms. The van der Waals surface area contributed by atoms with Gasteiger partial charge in [-0.25, -0.2) is 8.42 Å². The fourth-order valence-electron chi connectivity index (χ4n) is 3.35. The summed E-state index contributed by atoms with van der Waals surface area (Å²) in [4.78, 5) is 14.4. The van der Waals surface area contributed by atoms with Gasteiger partial charge in [0.15, 0.2) is 9.84 Å². The second kappa shape index (κ2) is 6.67. The second-order valence-corrected chi connectivity index (χ2v) is 8.93. The molecule has 0 spiro atoms. The zero-order valence-electron chi connectivity index (χ0n) is 14.7. The molecule has 1 aliphatic heterocycles. The van der Waals surface area contributed by atoms with Crippen LogP contribution in [0.15, 0.2) is 36.4 Å². The van der Waals surface area contributed by atoms with Crippen molar-refractivity contribution in [2.45, 2.75) is 25.3 Å². The molecule has 2 aromatic carbocycles. The summed E-state index contributed by atoms with van der Waals surface area (Å²) in [5, 5.41) is 2.10. The topological polar surface area (TPSA) is 63.7 Å². The van der Waals surface area contributed by atoms with Crippen molar-refractivity contribution in [2.75, 3.05) is 25.7 Å². The quantitative estimate of drug-likeness (QED) is 0.840. The van der Waals surface area contributed by atoms with Gasteiger partial charge >= 0.3 is 0 Å². The van der Waals surface area contributed by atoms with E-state index >= 15 is 0 Å². The molecule has 1 aliphatic rings. The number of fused-ring (bicyclic) bond motifs is 1. The Morgan fingerprint density at radius 2 is 1.88 bits per heavy atom. The van der Waals surface area contributed by atoms with E-state index in [0.29, 0.717) is 6.42 Å². The van der Waals surface area contributed by atoms with Gasteiger partial charge in [0.05, 0.1) is 24.5 Å². The standard InChI is InChI=1S/C19H23NO4S/c1-13(19(21)20(2)17-8-9-25(22,23)12-17)14-4-5-16-11-18(24-3)7-6-15(16)10-14/h4-7,10-11,13,17H,8-9,12H2,1-3H3. The van der Waals surface area contributed by atoms with Crippen LogP contribution >= 0.6 is 0 Å². The number of nitrogens with zero attached hydrogens (tertiary/aromatic N) is 1. The van der Waals surface area contributed by atoms with Gasteiger partial charge in [0, 0.05) is 13.1 Å². The van der Waals surface area contributed by atoms with Crippen molar-refractivity contribution < 1.29 is 17.9 Å². The largest absolute Gasteiger partial charge is 0.497 e. The van der Waals surface area contributed by atoms with Gasteiger partial charge in [-0.15, -0.1) is 0 Å². The van der Waals surface area contributed by atoms with Crippen LogP contribution in [0.5, 0.6) is 5.75 Å². The third-order valence-electron chi connectivity index (χ3n) is 5.05. The Morgan fingerprint density at radius 1 is 1.20 bits per heavy atom. The summed E-state index contributed by atoms with van der Waals surface area (Å²) in [6, 6.07) is 11.6. The van der Waals surface area contributed by atoms with Gasteiger partial charge in [0.2, 0.25) is 5.91 Å². The number of likely N-dealkylation sites (N-methyl/N-ethyl adjacent to an activating group) is 1. The number of methoxy groups -OCH3 is 1. The third kappa shape index (κ3) is 3.63. The van der Waals surface area contributed by atoms with Gasteiger partial charge < -0.3 is 9.64 Å². The first kappa shape index (κ1) is 17.7. The maximum atomic E-state index is 12.8. The van der Waals surface area contributed by atoms with Crippen molar-refractivity contribution in [3.8, 4) is 5.75 Å². The lowest BCUT2D eigenvalue weighted by atomic mass is 9.96. The van der Waals surface area contributed by atoms with Gasteiger partial charge in [-0.05, 0) is 41.8 Å². The first-order valence-electron chi connectivity index (χ1n) is 8.35. The average Bonchev–Trinajstić information content (AvgIpc) is 2.98. The zero-order chi connectivity index (χ0) is 18.2. The SMILES string of the molecule is COc1ccc2cc(C(C)C(=O)N(C)C3CCS(=O)(=O)C3)ccc2c1. The summed E-state index contributed by atoms with van der Waals surface area (Å²) >= 11 is 0. The first-order valence-corrected chi connectivity index (χ1v) is 10.2. The minimum atomic E-state index is -3.01. The molecule has 3 rings (SSSR count). The summed E-state index contributed by atoms with van der Waals surface area (Å²) in [5.74, 6) is 0.669. The van der Waals surface area contributed by atoms with E-state index in [9.17, 15) is 13.2 Å². The van der Waals surface area contributed by atoms with E-state index < -0.39 is 9.84 Å². The lowest BCUT2D eigenvalue weighted by Crippen LogP contribution is -2.40. The molecule has 2 aromatic rings. The predicted molar refractivity (Wildman–Crippen MR) is 98.7 cm³/mol. The lowest BCUT2D eigenvalue weighted by Gasteiger charge is -2.27. The number of sulfone groups is 1. The highest BCUT2D eigenvalue weighted by atomic mass is 32.2. The molecular formula is C19H23NO4S. The van der Waals surface area contributed by atoms with E-state index in [4.69, 9.17) is 4.74 Å². The van der Waals surface area contributed by atoms with Gasteiger partial charge in [0.25, 0.3) is 0 Å². The molecule has 6 heteroatoms. The van der Waals surface area contributed by atoms with E-state index in [0.717, 1.165) is 22.1 Å². The van der Waals surface area contributed by atoms with Crippen LogP contribution in [0.4, 0.5) is 0 Å². The van der Waals surface area contributed by atoms with Crippen molar-refractivity contribution in [3.63, 3.8) is 0 Å². The number of hydrogen-bond acceptors (Lipinski definition) is 4. The fraction of sp³-hybridized carbons (Fsp3) is 0.421. The fourth-order valence-corrected chi connectivity index (χ4v) is 5.12. The number of rotatable bonds is 4. The van der Waals surface area contributed by atoms with Crippen molar-refractivity contribution in [3.05, 3.63) is 42.0 Å². The van der Waals surface area contributed by atoms with Gasteiger partial charge in [-0.3, -0.25) is 4.79 Å². The third-order valence-corrected chi connectivity index (χ3v) is 6.80. The molecule has 0 aromatic heterocycles. The van der Waals surface area contributed by atoms with Crippen LogP contribution in [0.1, 0.15) is 24.8 Å². The Morgan fingerprint density at radius 3 is 2.52 bits per heavy atom. The van der Waals surface area contributed by atoms with Gasteiger partial charge in [-0.1, -0.05) is 24.3 Å². The Kier molecular flexibility index (Phi) is 4.73. The second-order valence-electron chi connectivity index (χ2n) is 6.70. The minimum absolute atomic E-state index is 0.0463. The molecule has 2 unspecified atom stereocenters. The van der Waals surface area contributed by atoms with Crippen LogP contribution in [0.2, 0.25) is 0 Å². The Hall–Kier alpha value is -2.08. The van der Waals surface area contributed by atoms with Crippen molar-refractivity contribution >= 4 is 26.5 Å². The predicted octanol–water partition coefficient (Wildman–Crippen LogP) is 2.60. The summed E-state index contributed by atoms with van der Waals surface area (Å²) in [6.45, 7) is 1.87. The molecule has 1 saturated heterocycles. The lowest BCUT2D eigenvalue weighted by molar-refractivity contribution is -0.132. The summed E-state index contributed by atoms with van der Waals surface area (Å²) < 4.78 is 28.6. The molecule has 0 aliphatic carbocycles. The van der Waals surface area contributed by atoms with E-state index in [1.807, 2.05) is 43.3 Å². The molecule has 0 radical (unpaired) electrons. The number of benzene rings is 2. The molecule has 0 saturated carbocycles. The highest BCUT2D eigenvalue weighted by molar-refractivity contribution is 7.91. The van der Waals surface area contributed by atoms with Gasteiger partial charge in [-0.2, -0.15) is 0 Å². The monoisotopic (exact) mass is 361 g/mol. The molecule has 2 atom stereocenters. The van der Waals surface area contributed by atoms with Crippen molar-refractivity contribution in [1.82, 2.24) is 4.90 Å². The summed E-state index contributed by atoms with van der Waals surface area (Å²) in [7, 11) is 0.333. The maximum Gasteiger partial charge on any atom is 0.229 e. The van der Waals surface area contributed by atoms with Crippen molar-refractivity contribution in [1.29, 1.82) is 0 Å². The van der Waals surface area contributed by atoms with E-state index in [1.54, 1.807) is 19.1 Å². The number of carbonyl (C=O) groups is 1. The molecule has 0 bridgehead atoms. The highest BCUT2D eigenvalue weighted by Gasteiger charge is 2.34. The molecule has 5 nitrogen and oxygen atoms in total. The maximum absolute atomic E-state index is 12.8. The smallest absolute Gasteiger partial charge is 0.229 e. The molecule has 1 amide bonds. The molecular weight excluding hydrogens is 338 g/mol. The zero-order valence-corrected chi connectivity index (χ0v) is 15.5. The first-order chi connectivity index (χ1) is 11.8. The summed E-state index contributed by atoms with van der Waals surface area (Å²) in [5.41, 5.74) is 0.926. The Labute approximate surface area is 148 Å². The van der Waals surface area contributed by atoms with Crippen LogP contribution in [-0.2, 0) is 14.6 Å². The highest BCUT2D eigenvalue weighted by Crippen LogP contribution is 2.27. The van der Waals surface area contributed by atoms with Crippen molar-refractivity contribution in [2.24, 2.45) is 0 Å². The number of hydrogen-bond donors (Lipinski definition) is 0. The molecule has 1 heterocycles. The normalized spacial score (nSPS) is 20.4. The Bertz CT molecular complexity index is 907. The van der Waals surface area contributed by atoms with Crippen LogP contribution in [-0.4, -0.2) is 50.9 Å². The number of amides is 1. The van der Waals surface area contributed by atoms with E-state index in [1.165, 1.54) is 0 Å². The number of ether oxygens (including phenoxy) is 1. The van der Waals surface area contributed by atoms with Crippen LogP contribution in [0.25, 0.3) is 10.8 Å².